The van der Waals surface area contributed by atoms with E-state index in [9.17, 15) is 14.4 Å². The number of carbonyl (C=O) groups is 3. The molecule has 0 bridgehead atoms. The molecule has 8 nitrogen and oxygen atoms in total. The van der Waals surface area contributed by atoms with Crippen LogP contribution in [0.4, 0.5) is 5.69 Å². The van der Waals surface area contributed by atoms with Crippen LogP contribution >= 0.6 is 0 Å². The van der Waals surface area contributed by atoms with E-state index < -0.39 is 6.04 Å². The molecule has 3 fully saturated rings. The van der Waals surface area contributed by atoms with Gasteiger partial charge in [0.1, 0.15) is 6.04 Å². The van der Waals surface area contributed by atoms with E-state index in [0.717, 1.165) is 43.3 Å². The molecule has 3 saturated heterocycles. The van der Waals surface area contributed by atoms with Gasteiger partial charge in [-0.1, -0.05) is 0 Å². The average molecular weight is 440 g/mol. The summed E-state index contributed by atoms with van der Waals surface area (Å²) in [7, 11) is 0. The summed E-state index contributed by atoms with van der Waals surface area (Å²) in [6.45, 7) is 8.10. The summed E-state index contributed by atoms with van der Waals surface area (Å²) >= 11 is 0. The lowest BCUT2D eigenvalue weighted by molar-refractivity contribution is -0.136. The number of fused-ring (bicyclic) bond motifs is 1. The maximum absolute atomic E-state index is 12.9. The van der Waals surface area contributed by atoms with Crippen LogP contribution in [0.25, 0.3) is 0 Å². The average Bonchev–Trinajstić information content (AvgIpc) is 3.14. The molecule has 0 aliphatic carbocycles. The van der Waals surface area contributed by atoms with E-state index in [1.807, 2.05) is 12.1 Å². The van der Waals surface area contributed by atoms with Crippen molar-refractivity contribution < 1.29 is 14.4 Å². The van der Waals surface area contributed by atoms with Gasteiger partial charge in [0, 0.05) is 50.4 Å². The lowest BCUT2D eigenvalue weighted by Crippen LogP contribution is -2.52. The Morgan fingerprint density at radius 1 is 0.969 bits per heavy atom. The van der Waals surface area contributed by atoms with Crippen molar-refractivity contribution in [2.24, 2.45) is 5.92 Å². The van der Waals surface area contributed by atoms with Crippen LogP contribution in [-0.2, 0) is 16.1 Å². The van der Waals surface area contributed by atoms with Crippen LogP contribution in [-0.4, -0.2) is 79.4 Å². The number of anilines is 1. The topological polar surface area (TPSA) is 85.0 Å². The third-order valence-corrected chi connectivity index (χ3v) is 7.56. The molecular weight excluding hydrogens is 406 g/mol. The monoisotopic (exact) mass is 439 g/mol. The Morgan fingerprint density at radius 2 is 1.75 bits per heavy atom. The minimum absolute atomic E-state index is 0.108. The summed E-state index contributed by atoms with van der Waals surface area (Å²) in [6.07, 6.45) is 4.60. The van der Waals surface area contributed by atoms with E-state index in [0.29, 0.717) is 18.5 Å². The van der Waals surface area contributed by atoms with Gasteiger partial charge >= 0.3 is 0 Å². The SMILES string of the molecule is O=C1CCC(N2Cc3cc(N4CCN(CCC5CCNCC5)CC4)ccc3C2=O)C(=O)N1. The van der Waals surface area contributed by atoms with E-state index in [-0.39, 0.29) is 24.1 Å². The minimum atomic E-state index is -0.556. The molecule has 4 aliphatic heterocycles. The summed E-state index contributed by atoms with van der Waals surface area (Å²) in [4.78, 5) is 43.2. The third kappa shape index (κ3) is 4.38. The summed E-state index contributed by atoms with van der Waals surface area (Å²) in [5.74, 6) is 0.149. The number of amides is 3. The van der Waals surface area contributed by atoms with Gasteiger partial charge < -0.3 is 15.1 Å². The second kappa shape index (κ2) is 9.19. The van der Waals surface area contributed by atoms with Crippen LogP contribution in [0.2, 0.25) is 0 Å². The normalized spacial score (nSPS) is 25.2. The van der Waals surface area contributed by atoms with Gasteiger partial charge in [-0.15, -0.1) is 0 Å². The largest absolute Gasteiger partial charge is 0.369 e. The molecule has 2 N–H and O–H groups in total. The molecule has 0 spiro atoms. The van der Waals surface area contributed by atoms with Crippen LogP contribution < -0.4 is 15.5 Å². The van der Waals surface area contributed by atoms with E-state index >= 15 is 0 Å². The number of nitrogens with zero attached hydrogens (tertiary/aromatic N) is 3. The number of rotatable bonds is 5. The number of hydrogen-bond acceptors (Lipinski definition) is 6. The van der Waals surface area contributed by atoms with E-state index in [1.165, 1.54) is 38.9 Å². The zero-order valence-corrected chi connectivity index (χ0v) is 18.6. The number of imide groups is 1. The highest BCUT2D eigenvalue weighted by Gasteiger charge is 2.39. The van der Waals surface area contributed by atoms with Gasteiger partial charge in [-0.3, -0.25) is 24.6 Å². The fourth-order valence-electron chi connectivity index (χ4n) is 5.52. The predicted octanol–water partition coefficient (Wildman–Crippen LogP) is 0.959. The van der Waals surface area contributed by atoms with Crippen molar-refractivity contribution >= 4 is 23.4 Å². The van der Waals surface area contributed by atoms with Gasteiger partial charge in [-0.05, 0) is 75.0 Å². The maximum Gasteiger partial charge on any atom is 0.255 e. The second-order valence-corrected chi connectivity index (χ2v) is 9.55. The predicted molar refractivity (Wildman–Crippen MR) is 121 cm³/mol. The molecule has 3 amide bonds. The summed E-state index contributed by atoms with van der Waals surface area (Å²) in [5.41, 5.74) is 2.81. The number of nitrogens with one attached hydrogen (secondary N) is 2. The molecule has 5 rings (SSSR count). The van der Waals surface area contributed by atoms with Crippen molar-refractivity contribution in [3.05, 3.63) is 29.3 Å². The lowest BCUT2D eigenvalue weighted by Gasteiger charge is -2.37. The number of hydrogen-bond donors (Lipinski definition) is 2. The van der Waals surface area contributed by atoms with Gasteiger partial charge in [0.25, 0.3) is 5.91 Å². The Bertz CT molecular complexity index is 890. The molecule has 0 radical (unpaired) electrons. The second-order valence-electron chi connectivity index (χ2n) is 9.55. The Hall–Kier alpha value is -2.45. The highest BCUT2D eigenvalue weighted by Crippen LogP contribution is 2.31. The highest BCUT2D eigenvalue weighted by atomic mass is 16.2. The van der Waals surface area contributed by atoms with Gasteiger partial charge in [-0.25, -0.2) is 0 Å². The van der Waals surface area contributed by atoms with Crippen molar-refractivity contribution in [1.29, 1.82) is 0 Å². The quantitative estimate of drug-likeness (QED) is 0.665. The highest BCUT2D eigenvalue weighted by molar-refractivity contribution is 6.05. The molecule has 4 aliphatic rings. The smallest absolute Gasteiger partial charge is 0.255 e. The molecule has 4 heterocycles. The first kappa shape index (κ1) is 21.4. The first-order valence-corrected chi connectivity index (χ1v) is 12.0. The van der Waals surface area contributed by atoms with E-state index in [4.69, 9.17) is 0 Å². The molecule has 0 saturated carbocycles. The lowest BCUT2D eigenvalue weighted by atomic mass is 9.94. The van der Waals surface area contributed by atoms with Crippen molar-refractivity contribution in [1.82, 2.24) is 20.4 Å². The fraction of sp³-hybridized carbons (Fsp3) is 0.625. The maximum atomic E-state index is 12.9. The first-order chi connectivity index (χ1) is 15.6. The number of benzene rings is 1. The van der Waals surface area contributed by atoms with Gasteiger partial charge in [0.2, 0.25) is 11.8 Å². The van der Waals surface area contributed by atoms with Crippen LogP contribution in [0.5, 0.6) is 0 Å². The molecular formula is C24H33N5O3. The van der Waals surface area contributed by atoms with Crippen LogP contribution in [0.1, 0.15) is 48.0 Å². The summed E-state index contributed by atoms with van der Waals surface area (Å²) in [6, 6.07) is 5.50. The van der Waals surface area contributed by atoms with Crippen LogP contribution in [0.15, 0.2) is 18.2 Å². The Kier molecular flexibility index (Phi) is 6.15. The van der Waals surface area contributed by atoms with Gasteiger partial charge in [-0.2, -0.15) is 0 Å². The number of carbonyl (C=O) groups excluding carboxylic acids is 3. The zero-order chi connectivity index (χ0) is 22.1. The zero-order valence-electron chi connectivity index (χ0n) is 18.6. The molecule has 1 unspecified atom stereocenters. The molecule has 1 aromatic rings. The van der Waals surface area contributed by atoms with Crippen LogP contribution in [0.3, 0.4) is 0 Å². The van der Waals surface area contributed by atoms with Crippen molar-refractivity contribution in [2.45, 2.75) is 44.7 Å². The Labute approximate surface area is 189 Å². The van der Waals surface area contributed by atoms with E-state index in [1.54, 1.807) is 4.90 Å². The first-order valence-electron chi connectivity index (χ1n) is 12.0. The number of piperazine rings is 1. The Morgan fingerprint density at radius 3 is 2.50 bits per heavy atom. The van der Waals surface area contributed by atoms with Crippen molar-refractivity contribution in [3.8, 4) is 0 Å². The summed E-state index contributed by atoms with van der Waals surface area (Å²) < 4.78 is 0. The van der Waals surface area contributed by atoms with Crippen molar-refractivity contribution in [3.63, 3.8) is 0 Å². The van der Waals surface area contributed by atoms with Gasteiger partial charge in [0.15, 0.2) is 0 Å². The molecule has 1 atom stereocenters. The molecule has 1 aromatic carbocycles. The van der Waals surface area contributed by atoms with Crippen LogP contribution in [0, 0.1) is 5.92 Å². The fourth-order valence-corrected chi connectivity index (χ4v) is 5.52. The summed E-state index contributed by atoms with van der Waals surface area (Å²) in [5, 5.41) is 5.81. The van der Waals surface area contributed by atoms with Gasteiger partial charge in [0.05, 0.1) is 0 Å². The Balaban J connectivity index is 1.17. The van der Waals surface area contributed by atoms with E-state index in [2.05, 4.69) is 26.5 Å². The third-order valence-electron chi connectivity index (χ3n) is 7.56. The van der Waals surface area contributed by atoms with Crippen molar-refractivity contribution in [2.75, 3.05) is 50.7 Å². The number of piperidine rings is 2. The standard InChI is InChI=1S/C24H33N5O3/c30-22-4-3-21(23(31)26-22)29-16-18-15-19(1-2-20(18)24(29)32)28-13-11-27(12-14-28)10-7-17-5-8-25-9-6-17/h1-2,15,17,21,25H,3-14,16H2,(H,26,30,31). The molecule has 32 heavy (non-hydrogen) atoms. The molecule has 8 heteroatoms. The minimum Gasteiger partial charge on any atom is -0.369 e. The molecule has 172 valence electrons. The molecule has 0 aromatic heterocycles.